The number of aromatic nitrogens is 1. The summed E-state index contributed by atoms with van der Waals surface area (Å²) in [6, 6.07) is 5.12. The number of carbonyl (C=O) groups excluding carboxylic acids is 2. The molecular formula is C18H17ClN2O6S. The molecule has 3 rings (SSSR count). The lowest BCUT2D eigenvalue weighted by Gasteiger charge is -2.31. The van der Waals surface area contributed by atoms with Crippen molar-refractivity contribution < 1.29 is 24.2 Å². The van der Waals surface area contributed by atoms with Crippen LogP contribution in [0.5, 0.6) is 0 Å². The van der Waals surface area contributed by atoms with Crippen LogP contribution in [0.4, 0.5) is 0 Å². The highest BCUT2D eigenvalue weighted by atomic mass is 35.5. The lowest BCUT2D eigenvalue weighted by atomic mass is 10.1. The first kappa shape index (κ1) is 20.1. The predicted molar refractivity (Wildman–Crippen MR) is 104 cm³/mol. The van der Waals surface area contributed by atoms with E-state index in [4.69, 9.17) is 21.4 Å². The third-order valence-electron chi connectivity index (χ3n) is 4.36. The summed E-state index contributed by atoms with van der Waals surface area (Å²) in [5.41, 5.74) is 0.630. The summed E-state index contributed by atoms with van der Waals surface area (Å²) in [5.74, 6) is -2.15. The zero-order chi connectivity index (χ0) is 20.3. The van der Waals surface area contributed by atoms with Gasteiger partial charge < -0.3 is 14.7 Å². The van der Waals surface area contributed by atoms with Gasteiger partial charge in [-0.3, -0.25) is 14.2 Å². The molecule has 8 nitrogen and oxygen atoms in total. The molecule has 2 heterocycles. The van der Waals surface area contributed by atoms with Gasteiger partial charge >= 0.3 is 16.8 Å². The van der Waals surface area contributed by atoms with Crippen molar-refractivity contribution in [1.29, 1.82) is 0 Å². The normalized spacial score (nSPS) is 15.2. The van der Waals surface area contributed by atoms with Crippen molar-refractivity contribution in [3.05, 3.63) is 45.0 Å². The molecule has 0 atom stereocenters. The lowest BCUT2D eigenvalue weighted by Crippen LogP contribution is -2.43. The van der Waals surface area contributed by atoms with Crippen LogP contribution in [-0.4, -0.2) is 51.6 Å². The number of amides is 1. The van der Waals surface area contributed by atoms with E-state index in [2.05, 4.69) is 0 Å². The number of carboxylic acids is 1. The predicted octanol–water partition coefficient (Wildman–Crippen LogP) is 1.89. The van der Waals surface area contributed by atoms with E-state index in [1.807, 2.05) is 0 Å². The minimum absolute atomic E-state index is 0.0784. The summed E-state index contributed by atoms with van der Waals surface area (Å²) >= 11 is 7.06. The fourth-order valence-electron chi connectivity index (χ4n) is 2.99. The van der Waals surface area contributed by atoms with Gasteiger partial charge in [-0.05, 0) is 18.2 Å². The van der Waals surface area contributed by atoms with Crippen LogP contribution in [0.2, 0.25) is 5.02 Å². The van der Waals surface area contributed by atoms with Crippen molar-refractivity contribution >= 4 is 51.0 Å². The molecule has 0 saturated carbocycles. The molecule has 0 spiro atoms. The molecule has 1 saturated heterocycles. The van der Waals surface area contributed by atoms with Crippen LogP contribution in [-0.2, 0) is 25.7 Å². The van der Waals surface area contributed by atoms with Crippen molar-refractivity contribution in [2.45, 2.75) is 25.5 Å². The molecule has 28 heavy (non-hydrogen) atoms. The van der Waals surface area contributed by atoms with Gasteiger partial charge in [0.1, 0.15) is 12.6 Å². The van der Waals surface area contributed by atoms with Crippen molar-refractivity contribution in [3.63, 3.8) is 0 Å². The number of fused-ring (bicyclic) bond motifs is 1. The molecule has 1 aliphatic rings. The smallest absolute Gasteiger partial charge is 0.331 e. The molecule has 1 aromatic heterocycles. The number of thiazole rings is 1. The van der Waals surface area contributed by atoms with E-state index in [9.17, 15) is 19.2 Å². The molecule has 2 aromatic rings. The third-order valence-corrected chi connectivity index (χ3v) is 5.56. The Bertz CT molecular complexity index is 1000. The Hall–Kier alpha value is -2.65. The number of nitrogens with zero attached hydrogens (tertiary/aromatic N) is 2. The molecule has 0 unspecified atom stereocenters. The van der Waals surface area contributed by atoms with Gasteiger partial charge in [-0.15, -0.1) is 0 Å². The van der Waals surface area contributed by atoms with Crippen LogP contribution < -0.4 is 4.87 Å². The van der Waals surface area contributed by atoms with Gasteiger partial charge in [-0.2, -0.15) is 0 Å². The molecule has 1 amide bonds. The number of carboxylic acid groups (broad SMARTS) is 1. The Balaban J connectivity index is 1.58. The highest BCUT2D eigenvalue weighted by Gasteiger charge is 2.25. The molecular weight excluding hydrogens is 408 g/mol. The van der Waals surface area contributed by atoms with E-state index >= 15 is 0 Å². The number of piperidine rings is 1. The second-order valence-corrected chi connectivity index (χ2v) is 7.68. The van der Waals surface area contributed by atoms with Crippen LogP contribution in [0.1, 0.15) is 12.8 Å². The van der Waals surface area contributed by atoms with Crippen LogP contribution in [0.25, 0.3) is 10.2 Å². The van der Waals surface area contributed by atoms with Crippen molar-refractivity contribution in [3.8, 4) is 0 Å². The summed E-state index contributed by atoms with van der Waals surface area (Å²) in [7, 11) is 0. The van der Waals surface area contributed by atoms with Gasteiger partial charge in [0.15, 0.2) is 0 Å². The fourth-order valence-corrected chi connectivity index (χ4v) is 4.02. The summed E-state index contributed by atoms with van der Waals surface area (Å²) in [6.07, 6.45) is 2.10. The SMILES string of the molecule is O=C(O)/C=C/C(=O)OC1CCN(C(=O)Cn2c(=O)sc3ccc(Cl)cc32)CC1. The van der Waals surface area contributed by atoms with E-state index in [1.54, 1.807) is 23.1 Å². The molecule has 1 aromatic carbocycles. The molecule has 1 aliphatic heterocycles. The van der Waals surface area contributed by atoms with E-state index in [0.29, 0.717) is 36.5 Å². The maximum absolute atomic E-state index is 12.6. The Labute approximate surface area is 168 Å². The highest BCUT2D eigenvalue weighted by Crippen LogP contribution is 2.22. The van der Waals surface area contributed by atoms with Crippen molar-refractivity contribution in [2.75, 3.05) is 13.1 Å². The number of aliphatic carboxylic acids is 1. The first-order chi connectivity index (χ1) is 13.3. The maximum atomic E-state index is 12.6. The van der Waals surface area contributed by atoms with E-state index in [0.717, 1.165) is 28.2 Å². The van der Waals surface area contributed by atoms with Crippen LogP contribution in [0, 0.1) is 0 Å². The number of carbonyl (C=O) groups is 3. The van der Waals surface area contributed by atoms with Gasteiger partial charge in [0.05, 0.1) is 10.2 Å². The summed E-state index contributed by atoms with van der Waals surface area (Å²) in [5, 5.41) is 8.99. The molecule has 0 bridgehead atoms. The fraction of sp³-hybridized carbons (Fsp3) is 0.333. The summed E-state index contributed by atoms with van der Waals surface area (Å²) < 4.78 is 7.35. The number of halogens is 1. The number of hydrogen-bond acceptors (Lipinski definition) is 6. The van der Waals surface area contributed by atoms with E-state index in [-0.39, 0.29) is 23.4 Å². The molecule has 1 fully saturated rings. The highest BCUT2D eigenvalue weighted by molar-refractivity contribution is 7.16. The molecule has 1 N–H and O–H groups in total. The zero-order valence-corrected chi connectivity index (χ0v) is 16.2. The Morgan fingerprint density at radius 3 is 2.64 bits per heavy atom. The number of likely N-dealkylation sites (tertiary alicyclic amines) is 1. The van der Waals surface area contributed by atoms with Crippen LogP contribution in [0.15, 0.2) is 35.1 Å². The minimum atomic E-state index is -1.23. The van der Waals surface area contributed by atoms with Gasteiger partial charge in [-0.1, -0.05) is 22.9 Å². The second-order valence-electron chi connectivity index (χ2n) is 6.25. The number of hydrogen-bond donors (Lipinski definition) is 1. The standard InChI is InChI=1S/C18H17ClN2O6S/c19-11-1-2-14-13(9-11)21(18(26)28-14)10-15(22)20-7-5-12(6-8-20)27-17(25)4-3-16(23)24/h1-4,9,12H,5-8,10H2,(H,23,24)/b4-3+. The minimum Gasteiger partial charge on any atom is -0.478 e. The van der Waals surface area contributed by atoms with Crippen molar-refractivity contribution in [2.24, 2.45) is 0 Å². The number of ether oxygens (including phenoxy) is 1. The first-order valence-electron chi connectivity index (χ1n) is 8.52. The van der Waals surface area contributed by atoms with Gasteiger partial charge in [0.2, 0.25) is 5.91 Å². The number of esters is 1. The maximum Gasteiger partial charge on any atom is 0.331 e. The van der Waals surface area contributed by atoms with Crippen LogP contribution >= 0.6 is 22.9 Å². The Morgan fingerprint density at radius 1 is 1.25 bits per heavy atom. The van der Waals surface area contributed by atoms with Gasteiger partial charge in [-0.25, -0.2) is 9.59 Å². The Kier molecular flexibility index (Phi) is 6.15. The van der Waals surface area contributed by atoms with Crippen molar-refractivity contribution in [1.82, 2.24) is 9.47 Å². The molecule has 0 radical (unpaired) electrons. The second kappa shape index (κ2) is 8.57. The lowest BCUT2D eigenvalue weighted by molar-refractivity contribution is -0.147. The zero-order valence-electron chi connectivity index (χ0n) is 14.7. The quantitative estimate of drug-likeness (QED) is 0.580. The summed E-state index contributed by atoms with van der Waals surface area (Å²) in [4.78, 5) is 48.2. The summed E-state index contributed by atoms with van der Waals surface area (Å²) in [6.45, 7) is 0.693. The molecule has 0 aliphatic carbocycles. The molecule has 10 heteroatoms. The number of benzene rings is 1. The van der Waals surface area contributed by atoms with E-state index in [1.165, 1.54) is 4.57 Å². The average Bonchev–Trinajstić information content (AvgIpc) is 2.95. The van der Waals surface area contributed by atoms with Crippen LogP contribution in [0.3, 0.4) is 0 Å². The third kappa shape index (κ3) is 4.79. The first-order valence-corrected chi connectivity index (χ1v) is 9.71. The van der Waals surface area contributed by atoms with Gasteiger partial charge in [0, 0.05) is 43.1 Å². The Morgan fingerprint density at radius 2 is 1.96 bits per heavy atom. The topological polar surface area (TPSA) is 106 Å². The number of rotatable bonds is 5. The van der Waals surface area contributed by atoms with E-state index < -0.39 is 11.9 Å². The average molecular weight is 425 g/mol. The van der Waals surface area contributed by atoms with Gasteiger partial charge in [0.25, 0.3) is 0 Å². The largest absolute Gasteiger partial charge is 0.478 e. The molecule has 148 valence electrons. The monoisotopic (exact) mass is 424 g/mol.